The van der Waals surface area contributed by atoms with E-state index in [1.165, 1.54) is 21.3 Å². The van der Waals surface area contributed by atoms with E-state index in [2.05, 4.69) is 4.74 Å². The molecular weight excluding hydrogens is 873 g/mol. The van der Waals surface area contributed by atoms with Gasteiger partial charge < -0.3 is 53.3 Å². The summed E-state index contributed by atoms with van der Waals surface area (Å²) in [5, 5.41) is 0. The average Bonchev–Trinajstić information content (AvgIpc) is 3.86. The third-order valence-corrected chi connectivity index (χ3v) is 11.9. The van der Waals surface area contributed by atoms with Gasteiger partial charge in [-0.25, -0.2) is 0 Å². The molecule has 8 rings (SSSR count). The third kappa shape index (κ3) is 10.8. The smallest absolute Gasteiger partial charge is 0.307 e. The van der Waals surface area contributed by atoms with Gasteiger partial charge in [-0.05, 0) is 78.1 Å². The molecule has 2 amide bonds. The number of esters is 1. The van der Waals surface area contributed by atoms with Gasteiger partial charge >= 0.3 is 5.97 Å². The lowest BCUT2D eigenvalue weighted by atomic mass is 10.1. The van der Waals surface area contributed by atoms with Crippen LogP contribution in [0.4, 0.5) is 22.7 Å². The lowest BCUT2D eigenvalue weighted by Gasteiger charge is -2.24. The average molecular weight is 929 g/mol. The van der Waals surface area contributed by atoms with E-state index in [1.54, 1.807) is 34.1 Å². The number of ether oxygens (including phenoxy) is 9. The number of benzene rings is 5. The summed E-state index contributed by atoms with van der Waals surface area (Å²) in [6.07, 6.45) is 3.44. The van der Waals surface area contributed by atoms with Crippen LogP contribution in [0.1, 0.15) is 56.3 Å². The minimum absolute atomic E-state index is 0.0375. The Labute approximate surface area is 395 Å². The van der Waals surface area contributed by atoms with Crippen molar-refractivity contribution in [3.8, 4) is 28.7 Å². The molecule has 5 aromatic rings. The van der Waals surface area contributed by atoms with Gasteiger partial charge in [-0.1, -0.05) is 36.4 Å². The van der Waals surface area contributed by atoms with Gasteiger partial charge in [0.1, 0.15) is 25.6 Å². The van der Waals surface area contributed by atoms with Gasteiger partial charge in [0.15, 0.2) is 23.0 Å². The molecule has 2 N–H and O–H groups in total. The first-order chi connectivity index (χ1) is 33.1. The number of rotatable bonds is 22. The number of nitrogen functional groups attached to an aromatic ring is 1. The summed E-state index contributed by atoms with van der Waals surface area (Å²) in [6, 6.07) is 27.9. The van der Waals surface area contributed by atoms with Gasteiger partial charge in [-0.3, -0.25) is 24.3 Å². The predicted octanol–water partition coefficient (Wildman–Crippen LogP) is 7.31. The molecule has 2 atom stereocenters. The van der Waals surface area contributed by atoms with E-state index in [-0.39, 0.29) is 68.4 Å². The van der Waals surface area contributed by atoms with Crippen LogP contribution in [0.15, 0.2) is 96.0 Å². The van der Waals surface area contributed by atoms with Crippen molar-refractivity contribution in [3.05, 3.63) is 124 Å². The van der Waals surface area contributed by atoms with Crippen molar-refractivity contribution < 1.29 is 57.0 Å². The lowest BCUT2D eigenvalue weighted by Crippen LogP contribution is -2.37. The molecule has 0 saturated carbocycles. The first-order valence-electron chi connectivity index (χ1n) is 22.5. The van der Waals surface area contributed by atoms with E-state index in [9.17, 15) is 14.4 Å². The van der Waals surface area contributed by atoms with Crippen molar-refractivity contribution in [1.82, 2.24) is 0 Å². The second-order valence-corrected chi connectivity index (χ2v) is 16.4. The maximum Gasteiger partial charge on any atom is 0.307 e. The molecule has 0 radical (unpaired) electrons. The fraction of sp³-hybridized carbons (Fsp3) is 0.346. The Balaban J connectivity index is 0.949. The van der Waals surface area contributed by atoms with Gasteiger partial charge in [0.2, 0.25) is 0 Å². The van der Waals surface area contributed by atoms with Gasteiger partial charge in [0.25, 0.3) is 11.8 Å². The highest BCUT2D eigenvalue weighted by Gasteiger charge is 2.37. The summed E-state index contributed by atoms with van der Waals surface area (Å²) in [7, 11) is 4.39. The fourth-order valence-electron chi connectivity index (χ4n) is 8.55. The van der Waals surface area contributed by atoms with Gasteiger partial charge in [-0.2, -0.15) is 0 Å². The Morgan fingerprint density at radius 3 is 1.96 bits per heavy atom. The zero-order valence-electron chi connectivity index (χ0n) is 38.7. The zero-order chi connectivity index (χ0) is 47.6. The van der Waals surface area contributed by atoms with Crippen molar-refractivity contribution in [2.24, 2.45) is 4.99 Å². The van der Waals surface area contributed by atoms with Gasteiger partial charge in [0.05, 0.1) is 90.2 Å². The number of anilines is 3. The van der Waals surface area contributed by atoms with Crippen LogP contribution >= 0.6 is 0 Å². The maximum atomic E-state index is 14.0. The van der Waals surface area contributed by atoms with Crippen molar-refractivity contribution in [2.45, 2.75) is 51.5 Å². The summed E-state index contributed by atoms with van der Waals surface area (Å²) < 4.78 is 51.7. The molecule has 0 spiro atoms. The molecule has 0 fully saturated rings. The number of hydrogen-bond acceptors (Lipinski definition) is 14. The summed E-state index contributed by atoms with van der Waals surface area (Å²) >= 11 is 0. The number of nitrogens with zero attached hydrogens (tertiary/aromatic N) is 3. The van der Waals surface area contributed by atoms with Gasteiger partial charge in [0, 0.05) is 47.9 Å². The fourth-order valence-corrected chi connectivity index (χ4v) is 8.55. The highest BCUT2D eigenvalue weighted by Crippen LogP contribution is 2.42. The molecule has 0 aliphatic carbocycles. The van der Waals surface area contributed by atoms with Crippen LogP contribution in [0.25, 0.3) is 0 Å². The van der Waals surface area contributed by atoms with Crippen molar-refractivity contribution in [3.63, 3.8) is 0 Å². The van der Waals surface area contributed by atoms with E-state index in [0.717, 1.165) is 40.0 Å². The maximum absolute atomic E-state index is 14.0. The topological polar surface area (TPSA) is 179 Å². The van der Waals surface area contributed by atoms with Crippen molar-refractivity contribution in [1.29, 1.82) is 0 Å². The molecule has 3 aliphatic rings. The molecule has 0 unspecified atom stereocenters. The minimum atomic E-state index is -0.322. The molecule has 0 saturated heterocycles. The lowest BCUT2D eigenvalue weighted by molar-refractivity contribution is -0.141. The molecule has 3 heterocycles. The van der Waals surface area contributed by atoms with E-state index in [4.69, 9.17) is 48.6 Å². The standard InChI is InChI=1S/C52H56N4O12/c1-33-21-36-9-5-7-11-44(36)55(33)51(58)40-26-46(60-2)48(28-42(40)53)67-31-34-22-35(24-39(23-34)66-20-19-65-18-17-64-16-15-63-14-13-50(57)62-4)32-68-49-29-43-41(27-47(49)61-3)52(59)56-38(30-54-43)25-37-10-6-8-12-45(37)56/h5-12,22-24,26-30,33,38H,13-21,25,31-32,53H2,1-4H3/t33-,38+/m1/s1. The molecule has 68 heavy (non-hydrogen) atoms. The Morgan fingerprint density at radius 1 is 0.676 bits per heavy atom. The summed E-state index contributed by atoms with van der Waals surface area (Å²) in [4.78, 5) is 47.5. The van der Waals surface area contributed by atoms with E-state index in [1.807, 2.05) is 79.9 Å². The Hall–Kier alpha value is -7.14. The number of hydrogen-bond donors (Lipinski definition) is 1. The summed E-state index contributed by atoms with van der Waals surface area (Å²) in [6.45, 7) is 4.45. The summed E-state index contributed by atoms with van der Waals surface area (Å²) in [5.41, 5.74) is 13.5. The Bertz CT molecular complexity index is 2650. The largest absolute Gasteiger partial charge is 0.493 e. The SMILES string of the molecule is COC(=O)CCOCCOCCOCCOc1cc(COc2cc(N)c(C(=O)N3c4ccccc4C[C@H]3C)cc2OC)cc(COc2cc3c(cc2OC)C(=O)N2c4ccccc4C[C@H]2C=N3)c1. The second kappa shape index (κ2) is 22.1. The van der Waals surface area contributed by atoms with Crippen LogP contribution in [0.3, 0.4) is 0 Å². The number of para-hydroxylation sites is 2. The highest BCUT2D eigenvalue weighted by molar-refractivity contribution is 6.15. The van der Waals surface area contributed by atoms with Crippen molar-refractivity contribution >= 4 is 46.7 Å². The Kier molecular flexibility index (Phi) is 15.4. The number of amides is 2. The molecule has 5 aromatic carbocycles. The predicted molar refractivity (Wildman–Crippen MR) is 255 cm³/mol. The molecule has 3 aliphatic heterocycles. The van der Waals surface area contributed by atoms with Crippen LogP contribution in [0.5, 0.6) is 28.7 Å². The van der Waals surface area contributed by atoms with Crippen molar-refractivity contribution in [2.75, 3.05) is 83.1 Å². The first kappa shape index (κ1) is 47.4. The number of carbonyl (C=O) groups excluding carboxylic acids is 3. The minimum Gasteiger partial charge on any atom is -0.493 e. The van der Waals surface area contributed by atoms with Crippen LogP contribution in [-0.2, 0) is 49.8 Å². The number of nitrogens with two attached hydrogens (primary N) is 1. The van der Waals surface area contributed by atoms with E-state index in [0.29, 0.717) is 85.0 Å². The van der Waals surface area contributed by atoms with Crippen LogP contribution in [0, 0.1) is 0 Å². The number of methoxy groups -OCH3 is 3. The second-order valence-electron chi connectivity index (χ2n) is 16.4. The third-order valence-electron chi connectivity index (χ3n) is 11.9. The quantitative estimate of drug-likeness (QED) is 0.0415. The van der Waals surface area contributed by atoms with E-state index < -0.39 is 0 Å². The molecular formula is C52H56N4O12. The molecule has 356 valence electrons. The van der Waals surface area contributed by atoms with Gasteiger partial charge in [-0.15, -0.1) is 0 Å². The van der Waals surface area contributed by atoms with Crippen LogP contribution < -0.4 is 39.2 Å². The normalized spacial score (nSPS) is 15.5. The Morgan fingerprint density at radius 2 is 1.28 bits per heavy atom. The number of aliphatic imine (C=N–C) groups is 1. The molecule has 16 heteroatoms. The molecule has 16 nitrogen and oxygen atoms in total. The monoisotopic (exact) mass is 928 g/mol. The first-order valence-corrected chi connectivity index (χ1v) is 22.5. The molecule has 0 bridgehead atoms. The number of carbonyl (C=O) groups is 3. The molecule has 0 aromatic heterocycles. The zero-order valence-corrected chi connectivity index (χ0v) is 38.7. The highest BCUT2D eigenvalue weighted by atomic mass is 16.6. The van der Waals surface area contributed by atoms with Crippen LogP contribution in [-0.4, -0.2) is 104 Å². The van der Waals surface area contributed by atoms with E-state index >= 15 is 0 Å². The van der Waals surface area contributed by atoms with Crippen LogP contribution in [0.2, 0.25) is 0 Å². The number of fused-ring (bicyclic) bond motifs is 5. The summed E-state index contributed by atoms with van der Waals surface area (Å²) in [5.74, 6) is 1.36.